The maximum absolute atomic E-state index is 5.99. The van der Waals surface area contributed by atoms with E-state index in [1.807, 2.05) is 187 Å². The fourth-order valence-corrected chi connectivity index (χ4v) is 11.0. The summed E-state index contributed by atoms with van der Waals surface area (Å²) in [5.41, 5.74) is 31.5. The van der Waals surface area contributed by atoms with Gasteiger partial charge in [0.25, 0.3) is 0 Å². The lowest BCUT2D eigenvalue weighted by Crippen LogP contribution is -2.54. The highest BCUT2D eigenvalue weighted by atomic mass is 79.9. The quantitative estimate of drug-likeness (QED) is 0.0561. The summed E-state index contributed by atoms with van der Waals surface area (Å²) in [6, 6.07) is 59.7. The smallest absolute Gasteiger partial charge is 0.338 e. The third-order valence-corrected chi connectivity index (χ3v) is 16.7. The van der Waals surface area contributed by atoms with Crippen molar-refractivity contribution in [2.45, 2.75) is 13.2 Å². The summed E-state index contributed by atoms with van der Waals surface area (Å²) in [6.07, 6.45) is 0. The van der Waals surface area contributed by atoms with Crippen molar-refractivity contribution in [2.75, 3.05) is 122 Å². The second kappa shape index (κ2) is 48.2. The number of halogens is 7. The van der Waals surface area contributed by atoms with Gasteiger partial charge in [0, 0.05) is 35.3 Å². The lowest BCUT2D eigenvalue weighted by atomic mass is 10.2. The SMILES string of the molecule is Brc1nc(-c2ccccc2)nc(-c2ccccc2)n1.COc1nc(Cl)nc(OC)n1.COc1nc(OC)nc([N+]2(C)CCOCC2)n1.Clc1nc(-c2ccccc2)nc(-c2ccccc2)n1.Clc1nc(Cl)nc(N2CCOCC2)n1.Clc1nc(OCc2ccccc2)nc(OCc2ccccc2)n1.Nc1nc(N)nc(Cl)n1.Nc1nc(N)nc(N)n1. The van der Waals surface area contributed by atoms with Gasteiger partial charge in [-0.25, -0.2) is 19.9 Å². The number of morpholine rings is 2. The Hall–Kier alpha value is -12.9. The van der Waals surface area contributed by atoms with Gasteiger partial charge in [0.1, 0.15) is 26.3 Å². The van der Waals surface area contributed by atoms with E-state index in [1.165, 1.54) is 28.4 Å². The van der Waals surface area contributed by atoms with Crippen LogP contribution >= 0.6 is 85.5 Å². The molecule has 16 rings (SSSR count). The summed E-state index contributed by atoms with van der Waals surface area (Å²) in [5.74, 6) is 3.86. The molecule has 6 aromatic carbocycles. The summed E-state index contributed by atoms with van der Waals surface area (Å²) in [7, 11) is 7.99. The molecule has 10 heterocycles. The minimum atomic E-state index is 0.0139. The van der Waals surface area contributed by atoms with E-state index in [0.29, 0.717) is 84.1 Å². The molecule has 626 valence electrons. The van der Waals surface area contributed by atoms with Crippen LogP contribution in [0.2, 0.25) is 31.7 Å². The zero-order valence-electron chi connectivity index (χ0n) is 64.8. The molecule has 0 bridgehead atoms. The van der Waals surface area contributed by atoms with Gasteiger partial charge in [0.05, 0.1) is 61.9 Å². The molecule has 0 unspecified atom stereocenters. The number of nitrogen functional groups attached to an aromatic ring is 5. The zero-order chi connectivity index (χ0) is 86.3. The zero-order valence-corrected chi connectivity index (χ0v) is 70.9. The maximum Gasteiger partial charge on any atom is 0.338 e. The molecule has 0 aliphatic carbocycles. The number of anilines is 6. The molecule has 2 fully saturated rings. The molecular formula is C75H75BrCl6N31O8+. The molecule has 39 nitrogen and oxygen atoms in total. The first kappa shape index (κ1) is 92.0. The minimum Gasteiger partial charge on any atom is -0.467 e. The van der Waals surface area contributed by atoms with Crippen molar-refractivity contribution in [1.29, 1.82) is 0 Å². The van der Waals surface area contributed by atoms with E-state index in [9.17, 15) is 0 Å². The van der Waals surface area contributed by atoms with Crippen LogP contribution in [0, 0.1) is 0 Å². The number of hydrogen-bond donors (Lipinski definition) is 5. The minimum absolute atomic E-state index is 0.0139. The Bertz CT molecular complexity index is 5000. The number of quaternary nitrogens is 1. The Balaban J connectivity index is 0.000000160. The van der Waals surface area contributed by atoms with Crippen molar-refractivity contribution >= 4 is 127 Å². The van der Waals surface area contributed by atoms with Gasteiger partial charge < -0.3 is 71.5 Å². The number of nitrogens with two attached hydrogens (primary N) is 5. The Morgan fingerprint density at radius 1 is 0.322 bits per heavy atom. The van der Waals surface area contributed by atoms with E-state index >= 15 is 0 Å². The first-order valence-corrected chi connectivity index (χ1v) is 38.5. The molecule has 2 aliphatic heterocycles. The monoisotopic (exact) mass is 1830 g/mol. The summed E-state index contributed by atoms with van der Waals surface area (Å²) in [4.78, 5) is 96.1. The molecule has 0 saturated carbocycles. The highest BCUT2D eigenvalue weighted by Gasteiger charge is 2.33. The van der Waals surface area contributed by atoms with E-state index in [-0.39, 0.29) is 97.5 Å². The van der Waals surface area contributed by atoms with E-state index < -0.39 is 0 Å². The second-order valence-corrected chi connectivity index (χ2v) is 26.6. The van der Waals surface area contributed by atoms with Crippen molar-refractivity contribution < 1.29 is 37.9 Å². The molecule has 0 radical (unpaired) electrons. The molecule has 121 heavy (non-hydrogen) atoms. The molecule has 10 N–H and O–H groups in total. The summed E-state index contributed by atoms with van der Waals surface area (Å²) in [5, 5.41) is 0.533. The van der Waals surface area contributed by atoms with E-state index in [2.05, 4.69) is 143 Å². The third kappa shape index (κ3) is 31.7. The molecular weight excluding hydrogens is 1760 g/mol. The number of nitrogens with zero attached hydrogens (tertiary/aromatic N) is 26. The predicted molar refractivity (Wildman–Crippen MR) is 459 cm³/mol. The van der Waals surface area contributed by atoms with Crippen LogP contribution < -0.4 is 66.5 Å². The van der Waals surface area contributed by atoms with Crippen LogP contribution in [0.25, 0.3) is 45.6 Å². The Labute approximate surface area is 730 Å². The van der Waals surface area contributed by atoms with Crippen LogP contribution in [-0.4, -0.2) is 208 Å². The van der Waals surface area contributed by atoms with E-state index in [0.717, 1.165) is 59.6 Å². The van der Waals surface area contributed by atoms with Gasteiger partial charge in [-0.3, -0.25) is 4.48 Å². The van der Waals surface area contributed by atoms with Gasteiger partial charge in [-0.2, -0.15) is 74.8 Å². The number of likely N-dealkylation sites (N-methyl/N-ethyl adjacent to an activating group) is 1. The average molecular weight is 1830 g/mol. The van der Waals surface area contributed by atoms with Crippen LogP contribution in [0.4, 0.5) is 41.6 Å². The fraction of sp³-hybridized carbons (Fsp3) is 0.200. The van der Waals surface area contributed by atoms with Gasteiger partial charge in [-0.15, -0.1) is 24.9 Å². The van der Waals surface area contributed by atoms with Crippen LogP contribution in [0.1, 0.15) is 11.1 Å². The first-order valence-electron chi connectivity index (χ1n) is 35.4. The molecule has 0 spiro atoms. The molecule has 2 aliphatic rings. The van der Waals surface area contributed by atoms with Crippen LogP contribution in [0.3, 0.4) is 0 Å². The van der Waals surface area contributed by atoms with Crippen molar-refractivity contribution in [1.82, 2.24) is 124 Å². The van der Waals surface area contributed by atoms with E-state index in [1.54, 1.807) is 0 Å². The average Bonchev–Trinajstić information content (AvgIpc) is 0.811. The highest BCUT2D eigenvalue weighted by Crippen LogP contribution is 2.26. The van der Waals surface area contributed by atoms with Gasteiger partial charge in [-0.05, 0) is 96.7 Å². The van der Waals surface area contributed by atoms with Gasteiger partial charge in [0.2, 0.25) is 72.1 Å². The summed E-state index contributed by atoms with van der Waals surface area (Å²) >= 11 is 37.4. The lowest BCUT2D eigenvalue weighted by molar-refractivity contribution is 0.0489. The molecule has 0 amide bonds. The van der Waals surface area contributed by atoms with Crippen molar-refractivity contribution in [3.8, 4) is 81.6 Å². The summed E-state index contributed by atoms with van der Waals surface area (Å²) < 4.78 is 42.3. The topological polar surface area (TPSA) is 517 Å². The second-order valence-electron chi connectivity index (χ2n) is 23.8. The molecule has 0 atom stereocenters. The number of hydrogen-bond acceptors (Lipinski definition) is 38. The van der Waals surface area contributed by atoms with E-state index in [4.69, 9.17) is 136 Å². The Morgan fingerprint density at radius 3 is 0.950 bits per heavy atom. The van der Waals surface area contributed by atoms with Crippen LogP contribution in [-0.2, 0) is 22.7 Å². The van der Waals surface area contributed by atoms with Crippen molar-refractivity contribution in [3.05, 3.63) is 230 Å². The molecule has 46 heteroatoms. The summed E-state index contributed by atoms with van der Waals surface area (Å²) in [6.45, 7) is 6.58. The van der Waals surface area contributed by atoms with Gasteiger partial charge >= 0.3 is 42.0 Å². The van der Waals surface area contributed by atoms with Crippen LogP contribution in [0.5, 0.6) is 36.1 Å². The molecule has 14 aromatic rings. The standard InChI is InChI=1S/C17H14ClN3O2.C15H10BrN3.C15H10ClN3.C10H17N4O3.C7H8Cl2N4O.C5H6ClN3O2.C3H4ClN5.C3H6N6/c18-15-19-16(22-11-13-7-3-1-4-8-13)21-17(20-15)23-12-14-9-5-2-6-10-14;2*16-15-18-13(11-7-3-1-4-8-11)17-14(19-15)12-9-5-2-6-10-12;1-14(4-6-17-7-5-14)8-11-9(15-2)13-10(12-8)16-3;8-5-10-6(9)12-7(11-5)13-1-3-14-4-2-13;1-10-4-7-3(6)8-5(9-4)11-2;2*4-1-7-2(5)9-3(6)8-1/h1-10H,11-12H2;2*1-10H;4-7H2,1-3H3;1-4H2;1-2H3;(H4,5,6,7,8,9);(H6,4,5,6,7,8,9)/q;;;+1;;;;. The number of rotatable bonds is 16. The van der Waals surface area contributed by atoms with Crippen LogP contribution in [0.15, 0.2) is 187 Å². The van der Waals surface area contributed by atoms with Crippen molar-refractivity contribution in [2.24, 2.45) is 0 Å². The normalized spacial score (nSPS) is 12.1. The number of methoxy groups -OCH3 is 4. The maximum atomic E-state index is 5.99. The first-order chi connectivity index (χ1) is 58.5. The largest absolute Gasteiger partial charge is 0.467 e. The number of aromatic nitrogens is 24. The number of ether oxygens (including phenoxy) is 8. The van der Waals surface area contributed by atoms with Gasteiger partial charge in [0.15, 0.2) is 23.3 Å². The fourth-order valence-electron chi connectivity index (χ4n) is 9.68. The lowest BCUT2D eigenvalue weighted by Gasteiger charge is -2.34. The Kier molecular flexibility index (Phi) is 36.7. The molecule has 2 saturated heterocycles. The third-order valence-electron chi connectivity index (χ3n) is 15.3. The highest BCUT2D eigenvalue weighted by molar-refractivity contribution is 9.10. The Morgan fingerprint density at radius 2 is 0.603 bits per heavy atom. The molecule has 8 aromatic heterocycles. The van der Waals surface area contributed by atoms with Crippen molar-refractivity contribution in [3.63, 3.8) is 0 Å². The predicted octanol–water partition coefficient (Wildman–Crippen LogP) is 11.2. The number of benzene rings is 6. The van der Waals surface area contributed by atoms with Gasteiger partial charge in [-0.1, -0.05) is 182 Å².